The monoisotopic (exact) mass is 324 g/mol. The third kappa shape index (κ3) is 4.20. The van der Waals surface area contributed by atoms with Gasteiger partial charge in [0, 0.05) is 25.7 Å². The third-order valence-corrected chi connectivity index (χ3v) is 3.95. The number of carbonyl (C=O) groups is 1. The molecule has 3 saturated heterocycles. The summed E-state index contributed by atoms with van der Waals surface area (Å²) in [5.41, 5.74) is -2.10. The normalized spacial score (nSPS) is 21.9. The summed E-state index contributed by atoms with van der Waals surface area (Å²) in [4.78, 5) is 33.6. The number of hydrogen-bond donors (Lipinski definition) is 1. The Morgan fingerprint density at radius 2 is 1.61 bits per heavy atom. The third-order valence-electron chi connectivity index (χ3n) is 3.95. The summed E-state index contributed by atoms with van der Waals surface area (Å²) < 4.78 is 0. The van der Waals surface area contributed by atoms with Crippen LogP contribution in [0.2, 0.25) is 0 Å². The van der Waals surface area contributed by atoms with Crippen molar-refractivity contribution in [1.29, 1.82) is 0 Å². The van der Waals surface area contributed by atoms with E-state index in [1.807, 2.05) is 4.90 Å². The van der Waals surface area contributed by atoms with Gasteiger partial charge >= 0.3 is 0 Å². The molecule has 1 aromatic carbocycles. The first-order valence-electron chi connectivity index (χ1n) is 7.08. The van der Waals surface area contributed by atoms with Gasteiger partial charge in [0.05, 0.1) is 47.1 Å². The molecule has 4 rings (SSSR count). The molecule has 10 nitrogen and oxygen atoms in total. The second kappa shape index (κ2) is 7.11. The number of fused-ring (bicyclic) bond motifs is 3. The maximum Gasteiger partial charge on any atom is 0.285 e. The van der Waals surface area contributed by atoms with E-state index in [0.717, 1.165) is 12.1 Å². The summed E-state index contributed by atoms with van der Waals surface area (Å²) in [6.07, 6.45) is 0. The number of benzene rings is 1. The molecule has 0 aliphatic carbocycles. The topological polar surface area (TPSA) is 134 Å². The van der Waals surface area contributed by atoms with Gasteiger partial charge in [0.15, 0.2) is 0 Å². The van der Waals surface area contributed by atoms with Crippen molar-refractivity contribution in [2.24, 2.45) is 0 Å². The van der Waals surface area contributed by atoms with Gasteiger partial charge in [-0.25, -0.2) is 0 Å². The van der Waals surface area contributed by atoms with Crippen LogP contribution >= 0.6 is 0 Å². The van der Waals surface area contributed by atoms with Crippen LogP contribution < -0.4 is 10.0 Å². The largest absolute Gasteiger partial charge is 0.545 e. The molecule has 3 fully saturated rings. The number of carbonyl (C=O) groups excluding carboxylic acids is 1. The Morgan fingerprint density at radius 3 is 1.91 bits per heavy atom. The van der Waals surface area contributed by atoms with Crippen LogP contribution in [0.25, 0.3) is 0 Å². The number of quaternary nitrogens is 1. The molecular formula is C13H16N4O6. The van der Waals surface area contributed by atoms with Gasteiger partial charge < -0.3 is 14.8 Å². The number of carboxylic acid groups (broad SMARTS) is 1. The fraction of sp³-hybridized carbons (Fsp3) is 0.462. The van der Waals surface area contributed by atoms with E-state index < -0.39 is 32.8 Å². The van der Waals surface area contributed by atoms with Crippen molar-refractivity contribution in [3.63, 3.8) is 0 Å². The van der Waals surface area contributed by atoms with Crippen LogP contribution in [0.15, 0.2) is 18.2 Å². The molecule has 3 aliphatic rings. The lowest BCUT2D eigenvalue weighted by molar-refractivity contribution is -0.914. The molecule has 0 spiro atoms. The van der Waals surface area contributed by atoms with Crippen molar-refractivity contribution in [2.45, 2.75) is 0 Å². The lowest BCUT2D eigenvalue weighted by Gasteiger charge is -2.38. The van der Waals surface area contributed by atoms with Crippen molar-refractivity contribution >= 4 is 17.3 Å². The quantitative estimate of drug-likeness (QED) is 0.505. The van der Waals surface area contributed by atoms with Crippen molar-refractivity contribution in [3.8, 4) is 0 Å². The van der Waals surface area contributed by atoms with Crippen LogP contribution in [0.1, 0.15) is 10.4 Å². The van der Waals surface area contributed by atoms with Crippen LogP contribution in [0.5, 0.6) is 0 Å². The Labute approximate surface area is 131 Å². The Bertz CT molecular complexity index is 604. The Balaban J connectivity index is 0.000000198. The molecule has 0 radical (unpaired) electrons. The number of nitro benzene ring substituents is 2. The highest BCUT2D eigenvalue weighted by atomic mass is 16.6. The Hall–Kier alpha value is -2.59. The van der Waals surface area contributed by atoms with E-state index in [4.69, 9.17) is 0 Å². The number of aromatic carboxylic acids is 1. The van der Waals surface area contributed by atoms with Crippen molar-refractivity contribution in [1.82, 2.24) is 4.90 Å². The van der Waals surface area contributed by atoms with Gasteiger partial charge in [0.25, 0.3) is 11.4 Å². The standard InChI is InChI=1S/C7H4N2O6.C6H12N2/c10-7(11)5-2-1-4(8(12)13)3-6(5)9(14)15;1-2-8-5-3-7(1)4-6-8/h1-3H,(H,10,11);1-6H2. The number of carboxylic acids is 1. The Kier molecular flexibility index (Phi) is 5.19. The highest BCUT2D eigenvalue weighted by molar-refractivity contribution is 5.91. The molecule has 0 aromatic heterocycles. The zero-order chi connectivity index (χ0) is 17.0. The highest BCUT2D eigenvalue weighted by Crippen LogP contribution is 2.23. The lowest BCUT2D eigenvalue weighted by atomic mass is 10.1. The lowest BCUT2D eigenvalue weighted by Crippen LogP contribution is -3.17. The van der Waals surface area contributed by atoms with E-state index in [0.29, 0.717) is 6.07 Å². The van der Waals surface area contributed by atoms with Gasteiger partial charge in [0.1, 0.15) is 0 Å². The Morgan fingerprint density at radius 1 is 1.04 bits per heavy atom. The van der Waals surface area contributed by atoms with Gasteiger partial charge in [-0.3, -0.25) is 25.1 Å². The smallest absolute Gasteiger partial charge is 0.285 e. The summed E-state index contributed by atoms with van der Waals surface area (Å²) in [5, 5.41) is 31.1. The van der Waals surface area contributed by atoms with Gasteiger partial charge in [0.2, 0.25) is 0 Å². The van der Waals surface area contributed by atoms with E-state index in [-0.39, 0.29) is 0 Å². The number of nitro groups is 2. The minimum Gasteiger partial charge on any atom is -0.545 e. The van der Waals surface area contributed by atoms with E-state index in [9.17, 15) is 30.1 Å². The number of rotatable bonds is 3. The minimum absolute atomic E-state index is 0.549. The fourth-order valence-electron chi connectivity index (χ4n) is 2.62. The number of piperazine rings is 3. The highest BCUT2D eigenvalue weighted by Gasteiger charge is 2.25. The first-order valence-corrected chi connectivity index (χ1v) is 7.08. The molecule has 3 heterocycles. The van der Waals surface area contributed by atoms with E-state index >= 15 is 0 Å². The van der Waals surface area contributed by atoms with Gasteiger partial charge in [-0.05, 0) is 6.07 Å². The van der Waals surface area contributed by atoms with Gasteiger partial charge in [-0.2, -0.15) is 0 Å². The van der Waals surface area contributed by atoms with Crippen LogP contribution in [-0.2, 0) is 0 Å². The van der Waals surface area contributed by atoms with Gasteiger partial charge in [-0.1, -0.05) is 0 Å². The average molecular weight is 324 g/mol. The summed E-state index contributed by atoms with van der Waals surface area (Å²) in [6, 6.07) is 2.20. The second-order valence-electron chi connectivity index (χ2n) is 5.34. The molecule has 0 amide bonds. The minimum atomic E-state index is -1.75. The zero-order valence-corrected chi connectivity index (χ0v) is 12.3. The zero-order valence-electron chi connectivity index (χ0n) is 12.3. The van der Waals surface area contributed by atoms with Crippen molar-refractivity contribution in [3.05, 3.63) is 44.0 Å². The molecule has 0 unspecified atom stereocenters. The van der Waals surface area contributed by atoms with Crippen LogP contribution in [0, 0.1) is 20.2 Å². The molecule has 10 heteroatoms. The molecule has 0 saturated carbocycles. The predicted octanol–water partition coefficient (Wildman–Crippen LogP) is -1.93. The molecule has 3 aliphatic heterocycles. The first kappa shape index (κ1) is 16.8. The average Bonchev–Trinajstić information content (AvgIpc) is 2.56. The summed E-state index contributed by atoms with van der Waals surface area (Å²) in [6.45, 7) is 8.28. The summed E-state index contributed by atoms with van der Waals surface area (Å²) in [5.74, 6) is -1.75. The molecule has 1 aromatic rings. The van der Waals surface area contributed by atoms with Crippen LogP contribution in [-0.4, -0.2) is 60.0 Å². The van der Waals surface area contributed by atoms with Crippen molar-refractivity contribution < 1.29 is 24.6 Å². The number of nitrogens with zero attached hydrogens (tertiary/aromatic N) is 3. The number of nitrogens with one attached hydrogen (secondary N) is 1. The fourth-order valence-corrected chi connectivity index (χ4v) is 2.62. The molecule has 1 N–H and O–H groups in total. The van der Waals surface area contributed by atoms with Crippen LogP contribution in [0.3, 0.4) is 0 Å². The van der Waals surface area contributed by atoms with E-state index in [2.05, 4.69) is 4.90 Å². The molecule has 0 atom stereocenters. The SMILES string of the molecule is C1C[NH+]2CCN1CC2.O=C([O-])c1ccc([N+](=O)[O-])cc1[N+](=O)[O-]. The van der Waals surface area contributed by atoms with Crippen molar-refractivity contribution in [2.75, 3.05) is 39.3 Å². The molecular weight excluding hydrogens is 308 g/mol. The summed E-state index contributed by atoms with van der Waals surface area (Å²) >= 11 is 0. The van der Waals surface area contributed by atoms with Gasteiger partial charge in [-0.15, -0.1) is 0 Å². The molecule has 23 heavy (non-hydrogen) atoms. The first-order chi connectivity index (χ1) is 10.9. The predicted molar refractivity (Wildman–Crippen MR) is 76.1 cm³/mol. The number of non-ortho nitro benzene ring substituents is 1. The second-order valence-corrected chi connectivity index (χ2v) is 5.34. The number of hydrogen-bond acceptors (Lipinski definition) is 7. The van der Waals surface area contributed by atoms with Crippen LogP contribution in [0.4, 0.5) is 11.4 Å². The summed E-state index contributed by atoms with van der Waals surface area (Å²) in [7, 11) is 0. The maximum atomic E-state index is 10.4. The van der Waals surface area contributed by atoms with E-state index in [1.165, 1.54) is 39.3 Å². The maximum absolute atomic E-state index is 10.4. The van der Waals surface area contributed by atoms with E-state index in [1.54, 1.807) is 0 Å². The molecule has 2 bridgehead atoms. The molecule has 124 valence electrons.